The van der Waals surface area contributed by atoms with Gasteiger partial charge in [-0.25, -0.2) is 0 Å². The fourth-order valence-electron chi connectivity index (χ4n) is 2.55. The van der Waals surface area contributed by atoms with Gasteiger partial charge in [0.2, 0.25) is 0 Å². The molecule has 0 aromatic rings. The van der Waals surface area contributed by atoms with Crippen LogP contribution in [-0.4, -0.2) is 45.3 Å². The number of alkyl halides is 6. The van der Waals surface area contributed by atoms with Crippen molar-refractivity contribution < 1.29 is 51.5 Å². The maximum absolute atomic E-state index is 12.3. The van der Waals surface area contributed by atoms with Crippen LogP contribution in [0.1, 0.15) is 53.4 Å². The lowest BCUT2D eigenvalue weighted by atomic mass is 9.88. The molecule has 0 aromatic heterocycles. The summed E-state index contributed by atoms with van der Waals surface area (Å²) < 4.78 is 124. The molecule has 0 spiro atoms. The zero-order valence-corrected chi connectivity index (χ0v) is 20.8. The van der Waals surface area contributed by atoms with Crippen LogP contribution in [0, 0.1) is 16.7 Å². The molecular weight excluding hydrogens is 532 g/mol. The van der Waals surface area contributed by atoms with Crippen LogP contribution in [0.3, 0.4) is 0 Å². The maximum Gasteiger partial charge on any atom is 0.534 e. The van der Waals surface area contributed by atoms with E-state index >= 15 is 0 Å². The van der Waals surface area contributed by atoms with Gasteiger partial charge in [-0.1, -0.05) is 20.8 Å². The van der Waals surface area contributed by atoms with Gasteiger partial charge in [-0.15, -0.1) is 0 Å². The number of nitrogens with two attached hydrogens (primary N) is 1. The Bertz CT molecular complexity index is 1050. The number of nitrogens with one attached hydrogen (secondary N) is 2. The van der Waals surface area contributed by atoms with Gasteiger partial charge in [0.15, 0.2) is 11.5 Å². The molecule has 0 unspecified atom stereocenters. The molecular formula is C18H27F6N3O6S2. The fraction of sp³-hybridized carbons (Fsp3) is 0.667. The Kier molecular flexibility index (Phi) is 11.5. The van der Waals surface area contributed by atoms with E-state index in [1.807, 2.05) is 13.8 Å². The Balaban J connectivity index is 0.000000961. The molecule has 2 aliphatic rings. The Labute approximate surface area is 199 Å². The number of hydrogen-bond acceptors (Lipinski definition) is 9. The van der Waals surface area contributed by atoms with Gasteiger partial charge in [-0.3, -0.25) is 10.8 Å². The van der Waals surface area contributed by atoms with Crippen LogP contribution in [0.4, 0.5) is 26.3 Å². The number of halogens is 6. The molecule has 2 rings (SSSR count). The Morgan fingerprint density at radius 2 is 1.26 bits per heavy atom. The first kappa shape index (κ1) is 32.9. The second-order valence-electron chi connectivity index (χ2n) is 7.26. The summed E-state index contributed by atoms with van der Waals surface area (Å²) in [6.07, 6.45) is 5.51. The normalized spacial score (nSPS) is 21.7. The SMILES string of the molecule is CC.CC1=C(OS(=O)(=O)C(F)(F)F)C(=N)C(=N)C(OS(=O)(=O)C(F)(F)F)=C1.CC1CCC(N)CC1. The quantitative estimate of drug-likeness (QED) is 0.198. The smallest absolute Gasteiger partial charge is 0.374 e. The van der Waals surface area contributed by atoms with E-state index in [1.54, 1.807) is 0 Å². The van der Waals surface area contributed by atoms with Crippen molar-refractivity contribution >= 4 is 31.7 Å². The molecule has 4 N–H and O–H groups in total. The third kappa shape index (κ3) is 9.10. The van der Waals surface area contributed by atoms with Crippen molar-refractivity contribution in [3.05, 3.63) is 23.2 Å². The van der Waals surface area contributed by atoms with Crippen LogP contribution in [0.2, 0.25) is 0 Å². The highest BCUT2D eigenvalue weighted by Crippen LogP contribution is 2.32. The minimum atomic E-state index is -6.23. The molecule has 204 valence electrons. The predicted octanol–water partition coefficient (Wildman–Crippen LogP) is 4.48. The molecule has 35 heavy (non-hydrogen) atoms. The molecule has 0 bridgehead atoms. The van der Waals surface area contributed by atoms with E-state index in [-0.39, 0.29) is 0 Å². The monoisotopic (exact) mass is 559 g/mol. The highest BCUT2D eigenvalue weighted by atomic mass is 32.2. The van der Waals surface area contributed by atoms with Crippen LogP contribution < -0.4 is 5.73 Å². The van der Waals surface area contributed by atoms with E-state index < -0.39 is 59.8 Å². The molecule has 1 saturated carbocycles. The molecule has 9 nitrogen and oxygen atoms in total. The van der Waals surface area contributed by atoms with Gasteiger partial charge in [0, 0.05) is 6.04 Å². The van der Waals surface area contributed by atoms with Crippen molar-refractivity contribution in [3.8, 4) is 0 Å². The summed E-state index contributed by atoms with van der Waals surface area (Å²) in [6, 6.07) is 0.520. The lowest BCUT2D eigenvalue weighted by Crippen LogP contribution is -2.33. The second kappa shape index (κ2) is 12.2. The summed E-state index contributed by atoms with van der Waals surface area (Å²) in [7, 11) is -12.4. The summed E-state index contributed by atoms with van der Waals surface area (Å²) >= 11 is 0. The van der Waals surface area contributed by atoms with E-state index in [1.165, 1.54) is 25.7 Å². The van der Waals surface area contributed by atoms with Crippen molar-refractivity contribution in [2.24, 2.45) is 11.7 Å². The minimum absolute atomic E-state index is 0.310. The van der Waals surface area contributed by atoms with E-state index in [9.17, 15) is 43.2 Å². The highest BCUT2D eigenvalue weighted by Gasteiger charge is 2.51. The Morgan fingerprint density at radius 1 is 0.857 bits per heavy atom. The molecule has 0 saturated heterocycles. The molecule has 0 amide bonds. The van der Waals surface area contributed by atoms with E-state index in [4.69, 9.17) is 16.6 Å². The molecule has 0 heterocycles. The summed E-state index contributed by atoms with van der Waals surface area (Å²) in [4.78, 5) is 0. The van der Waals surface area contributed by atoms with Crippen LogP contribution in [-0.2, 0) is 28.6 Å². The molecule has 0 aliphatic heterocycles. The average Bonchev–Trinajstić information content (AvgIpc) is 2.71. The van der Waals surface area contributed by atoms with Crippen molar-refractivity contribution in [2.45, 2.75) is 70.4 Å². The van der Waals surface area contributed by atoms with Gasteiger partial charge in [0.05, 0.1) is 0 Å². The third-order valence-corrected chi connectivity index (χ3v) is 6.37. The highest BCUT2D eigenvalue weighted by molar-refractivity contribution is 7.88. The van der Waals surface area contributed by atoms with Crippen molar-refractivity contribution in [1.29, 1.82) is 10.8 Å². The first-order valence-electron chi connectivity index (χ1n) is 10.1. The average molecular weight is 560 g/mol. The maximum atomic E-state index is 12.3. The van der Waals surface area contributed by atoms with Crippen LogP contribution in [0.5, 0.6) is 0 Å². The number of rotatable bonds is 4. The molecule has 0 radical (unpaired) electrons. The van der Waals surface area contributed by atoms with Gasteiger partial charge >= 0.3 is 31.3 Å². The standard InChI is InChI=1S/C9H6F6N2O6S2.C7H15N.C2H6/c1-3-2-4(22-24(18,19)8(10,11)12)5(16)6(17)7(3)23-25(20,21)9(13,14)15;1-6-2-4-7(8)5-3-6;1-2/h2,16-17H,1H3;6-7H,2-5,8H2,1H3;1-2H3. The molecule has 2 aliphatic carbocycles. The van der Waals surface area contributed by atoms with Crippen LogP contribution in [0.25, 0.3) is 0 Å². The van der Waals surface area contributed by atoms with Gasteiger partial charge in [0.1, 0.15) is 11.4 Å². The molecule has 0 aromatic carbocycles. The lowest BCUT2D eigenvalue weighted by Gasteiger charge is -2.22. The topological polar surface area (TPSA) is 160 Å². The summed E-state index contributed by atoms with van der Waals surface area (Å²) in [5.74, 6) is -1.73. The number of allylic oxidation sites excluding steroid dienone is 4. The first-order valence-corrected chi connectivity index (χ1v) is 12.9. The van der Waals surface area contributed by atoms with E-state index in [2.05, 4.69) is 15.3 Å². The van der Waals surface area contributed by atoms with Crippen molar-refractivity contribution in [3.63, 3.8) is 0 Å². The summed E-state index contributed by atoms with van der Waals surface area (Å²) in [5.41, 5.74) is -9.61. The summed E-state index contributed by atoms with van der Waals surface area (Å²) in [6.45, 7) is 7.11. The predicted molar refractivity (Wildman–Crippen MR) is 115 cm³/mol. The zero-order valence-electron chi connectivity index (χ0n) is 19.2. The lowest BCUT2D eigenvalue weighted by molar-refractivity contribution is -0.0524. The Hall–Kier alpha value is -2.14. The van der Waals surface area contributed by atoms with Gasteiger partial charge < -0.3 is 14.1 Å². The largest absolute Gasteiger partial charge is 0.534 e. The van der Waals surface area contributed by atoms with Gasteiger partial charge in [-0.05, 0) is 50.2 Å². The number of hydrogen-bond donors (Lipinski definition) is 3. The van der Waals surface area contributed by atoms with Gasteiger partial charge in [0.25, 0.3) is 0 Å². The van der Waals surface area contributed by atoms with E-state index in [0.717, 1.165) is 12.8 Å². The minimum Gasteiger partial charge on any atom is -0.374 e. The summed E-state index contributed by atoms with van der Waals surface area (Å²) in [5, 5.41) is 14.6. The van der Waals surface area contributed by atoms with Gasteiger partial charge in [-0.2, -0.15) is 43.2 Å². The molecule has 17 heteroatoms. The van der Waals surface area contributed by atoms with Crippen molar-refractivity contribution in [2.75, 3.05) is 0 Å². The van der Waals surface area contributed by atoms with Crippen LogP contribution in [0.15, 0.2) is 23.2 Å². The fourth-order valence-corrected chi connectivity index (χ4v) is 3.54. The van der Waals surface area contributed by atoms with Crippen molar-refractivity contribution in [1.82, 2.24) is 0 Å². The molecule has 0 atom stereocenters. The first-order chi connectivity index (χ1) is 15.7. The van der Waals surface area contributed by atoms with E-state index in [0.29, 0.717) is 12.1 Å². The molecule has 1 fully saturated rings. The zero-order chi connectivity index (χ0) is 28.0. The third-order valence-electron chi connectivity index (χ3n) is 4.45. The van der Waals surface area contributed by atoms with Crippen LogP contribution >= 0.6 is 0 Å². The second-order valence-corrected chi connectivity index (χ2v) is 10.3. The Morgan fingerprint density at radius 3 is 1.63 bits per heavy atom.